The first kappa shape index (κ1) is 14.9. The summed E-state index contributed by atoms with van der Waals surface area (Å²) in [5.41, 5.74) is 2.39. The van der Waals surface area contributed by atoms with Gasteiger partial charge in [0.05, 0.1) is 6.54 Å². The summed E-state index contributed by atoms with van der Waals surface area (Å²) in [4.78, 5) is 14.2. The minimum Gasteiger partial charge on any atom is -0.376 e. The standard InChI is InChI=1S/C17H26N2O/c1-2-7-15-8-10-16(11-9-15)18-14-17(20)19-12-5-3-4-6-13-19/h8-11,18H,2-7,12-14H2,1H3. The molecule has 1 aliphatic heterocycles. The van der Waals surface area contributed by atoms with Crippen LogP contribution in [0.2, 0.25) is 0 Å². The largest absolute Gasteiger partial charge is 0.376 e. The van der Waals surface area contributed by atoms with Crippen LogP contribution in [-0.4, -0.2) is 30.4 Å². The molecule has 1 aromatic carbocycles. The number of nitrogens with one attached hydrogen (secondary N) is 1. The maximum Gasteiger partial charge on any atom is 0.241 e. The SMILES string of the molecule is CCCc1ccc(NCC(=O)N2CCCCCC2)cc1. The maximum absolute atomic E-state index is 12.2. The lowest BCUT2D eigenvalue weighted by molar-refractivity contribution is -0.129. The van der Waals surface area contributed by atoms with Crippen molar-refractivity contribution in [2.45, 2.75) is 45.4 Å². The average molecular weight is 274 g/mol. The second-order valence-electron chi connectivity index (χ2n) is 5.60. The van der Waals surface area contributed by atoms with Gasteiger partial charge < -0.3 is 10.2 Å². The molecule has 0 spiro atoms. The quantitative estimate of drug-likeness (QED) is 0.892. The van der Waals surface area contributed by atoms with Crippen molar-refractivity contribution >= 4 is 11.6 Å². The van der Waals surface area contributed by atoms with Crippen LogP contribution in [0.25, 0.3) is 0 Å². The number of anilines is 1. The maximum atomic E-state index is 12.2. The summed E-state index contributed by atoms with van der Waals surface area (Å²) in [6, 6.07) is 8.42. The Balaban J connectivity index is 1.80. The molecule has 3 heteroatoms. The lowest BCUT2D eigenvalue weighted by atomic mass is 10.1. The van der Waals surface area contributed by atoms with Crippen LogP contribution in [0.1, 0.15) is 44.6 Å². The predicted molar refractivity (Wildman–Crippen MR) is 84.0 cm³/mol. The van der Waals surface area contributed by atoms with Crippen LogP contribution in [-0.2, 0) is 11.2 Å². The van der Waals surface area contributed by atoms with Crippen LogP contribution in [0, 0.1) is 0 Å². The van der Waals surface area contributed by atoms with Crippen molar-refractivity contribution in [2.75, 3.05) is 25.0 Å². The van der Waals surface area contributed by atoms with Crippen LogP contribution >= 0.6 is 0 Å². The number of carbonyl (C=O) groups excluding carboxylic acids is 1. The van der Waals surface area contributed by atoms with E-state index in [1.54, 1.807) is 0 Å². The van der Waals surface area contributed by atoms with Crippen LogP contribution in [0.15, 0.2) is 24.3 Å². The Morgan fingerprint density at radius 3 is 2.35 bits per heavy atom. The first-order chi connectivity index (χ1) is 9.79. The predicted octanol–water partition coefficient (Wildman–Crippen LogP) is 3.45. The Morgan fingerprint density at radius 1 is 1.10 bits per heavy atom. The van der Waals surface area contributed by atoms with Gasteiger partial charge >= 0.3 is 0 Å². The smallest absolute Gasteiger partial charge is 0.241 e. The molecule has 0 saturated carbocycles. The summed E-state index contributed by atoms with van der Waals surface area (Å²) >= 11 is 0. The summed E-state index contributed by atoms with van der Waals surface area (Å²) in [7, 11) is 0. The summed E-state index contributed by atoms with van der Waals surface area (Å²) in [5.74, 6) is 0.226. The van der Waals surface area contributed by atoms with Crippen LogP contribution < -0.4 is 5.32 Å². The van der Waals surface area contributed by atoms with E-state index in [-0.39, 0.29) is 5.91 Å². The fraction of sp³-hybridized carbons (Fsp3) is 0.588. The zero-order valence-corrected chi connectivity index (χ0v) is 12.5. The van der Waals surface area contributed by atoms with Gasteiger partial charge in [0, 0.05) is 18.8 Å². The minimum absolute atomic E-state index is 0.226. The molecule has 1 saturated heterocycles. The number of likely N-dealkylation sites (tertiary alicyclic amines) is 1. The molecular formula is C17H26N2O. The number of hydrogen-bond donors (Lipinski definition) is 1. The fourth-order valence-corrected chi connectivity index (χ4v) is 2.69. The van der Waals surface area contributed by atoms with Crippen molar-refractivity contribution in [3.05, 3.63) is 29.8 Å². The van der Waals surface area contributed by atoms with E-state index in [0.29, 0.717) is 6.54 Å². The fourth-order valence-electron chi connectivity index (χ4n) is 2.69. The average Bonchev–Trinajstić information content (AvgIpc) is 2.76. The van der Waals surface area contributed by atoms with E-state index >= 15 is 0 Å². The number of benzene rings is 1. The summed E-state index contributed by atoms with van der Waals surface area (Å²) in [6.07, 6.45) is 7.11. The highest BCUT2D eigenvalue weighted by molar-refractivity contribution is 5.80. The van der Waals surface area contributed by atoms with Gasteiger partial charge in [0.1, 0.15) is 0 Å². The number of hydrogen-bond acceptors (Lipinski definition) is 2. The molecule has 0 unspecified atom stereocenters. The molecule has 2 rings (SSSR count). The third-order valence-corrected chi connectivity index (χ3v) is 3.90. The van der Waals surface area contributed by atoms with E-state index in [9.17, 15) is 4.79 Å². The van der Waals surface area contributed by atoms with Crippen molar-refractivity contribution in [3.8, 4) is 0 Å². The van der Waals surface area contributed by atoms with E-state index in [4.69, 9.17) is 0 Å². The number of rotatable bonds is 5. The van der Waals surface area contributed by atoms with E-state index in [1.165, 1.54) is 24.8 Å². The van der Waals surface area contributed by atoms with Crippen LogP contribution in [0.4, 0.5) is 5.69 Å². The molecule has 1 amide bonds. The molecule has 1 heterocycles. The molecule has 1 aromatic rings. The highest BCUT2D eigenvalue weighted by Crippen LogP contribution is 2.12. The molecule has 0 aliphatic carbocycles. The number of amides is 1. The Hall–Kier alpha value is -1.51. The summed E-state index contributed by atoms with van der Waals surface area (Å²) in [5, 5.41) is 3.24. The lowest BCUT2D eigenvalue weighted by Gasteiger charge is -2.20. The molecule has 110 valence electrons. The van der Waals surface area contributed by atoms with Crippen LogP contribution in [0.5, 0.6) is 0 Å². The number of carbonyl (C=O) groups is 1. The van der Waals surface area contributed by atoms with Gasteiger partial charge in [-0.15, -0.1) is 0 Å². The zero-order chi connectivity index (χ0) is 14.2. The van der Waals surface area contributed by atoms with Crippen molar-refractivity contribution in [3.63, 3.8) is 0 Å². The Labute approximate surface area is 122 Å². The lowest BCUT2D eigenvalue weighted by Crippen LogP contribution is -2.36. The van der Waals surface area contributed by atoms with E-state index in [2.05, 4.69) is 36.5 Å². The second kappa shape index (κ2) is 7.93. The highest BCUT2D eigenvalue weighted by atomic mass is 16.2. The second-order valence-corrected chi connectivity index (χ2v) is 5.60. The molecule has 1 N–H and O–H groups in total. The van der Waals surface area contributed by atoms with E-state index in [1.807, 2.05) is 4.90 Å². The molecule has 1 fully saturated rings. The molecule has 0 bridgehead atoms. The number of nitrogens with zero attached hydrogens (tertiary/aromatic N) is 1. The first-order valence-electron chi connectivity index (χ1n) is 7.90. The molecule has 0 radical (unpaired) electrons. The summed E-state index contributed by atoms with van der Waals surface area (Å²) in [6.45, 7) is 4.45. The van der Waals surface area contributed by atoms with Crippen molar-refractivity contribution < 1.29 is 4.79 Å². The van der Waals surface area contributed by atoms with Gasteiger partial charge in [0.15, 0.2) is 0 Å². The van der Waals surface area contributed by atoms with Crippen LogP contribution in [0.3, 0.4) is 0 Å². The van der Waals surface area contributed by atoms with Crippen molar-refractivity contribution in [1.82, 2.24) is 4.90 Å². The van der Waals surface area contributed by atoms with Gasteiger partial charge in [-0.25, -0.2) is 0 Å². The monoisotopic (exact) mass is 274 g/mol. The third kappa shape index (κ3) is 4.55. The molecule has 1 aliphatic rings. The number of aryl methyl sites for hydroxylation is 1. The van der Waals surface area contributed by atoms with Crippen molar-refractivity contribution in [2.24, 2.45) is 0 Å². The molecule has 3 nitrogen and oxygen atoms in total. The molecular weight excluding hydrogens is 248 g/mol. The molecule has 0 aromatic heterocycles. The summed E-state index contributed by atoms with van der Waals surface area (Å²) < 4.78 is 0. The van der Waals surface area contributed by atoms with Gasteiger partial charge in [0.2, 0.25) is 5.91 Å². The Morgan fingerprint density at radius 2 is 1.75 bits per heavy atom. The van der Waals surface area contributed by atoms with Gasteiger partial charge in [-0.05, 0) is 37.0 Å². The van der Waals surface area contributed by atoms with Gasteiger partial charge in [-0.2, -0.15) is 0 Å². The highest BCUT2D eigenvalue weighted by Gasteiger charge is 2.14. The molecule has 0 atom stereocenters. The Kier molecular flexibility index (Phi) is 5.90. The Bertz CT molecular complexity index is 406. The van der Waals surface area contributed by atoms with Crippen molar-refractivity contribution in [1.29, 1.82) is 0 Å². The zero-order valence-electron chi connectivity index (χ0n) is 12.5. The van der Waals surface area contributed by atoms with E-state index < -0.39 is 0 Å². The minimum atomic E-state index is 0.226. The van der Waals surface area contributed by atoms with Gasteiger partial charge in [0.25, 0.3) is 0 Å². The van der Waals surface area contributed by atoms with E-state index in [0.717, 1.165) is 38.0 Å². The molecule has 20 heavy (non-hydrogen) atoms. The van der Waals surface area contributed by atoms with Gasteiger partial charge in [-0.1, -0.05) is 38.3 Å². The van der Waals surface area contributed by atoms with Gasteiger partial charge in [-0.3, -0.25) is 4.79 Å². The topological polar surface area (TPSA) is 32.3 Å². The normalized spacial score (nSPS) is 15.8. The third-order valence-electron chi connectivity index (χ3n) is 3.90. The first-order valence-corrected chi connectivity index (χ1v) is 7.90.